The molecule has 0 fully saturated rings. The fourth-order valence-electron chi connectivity index (χ4n) is 1.74. The van der Waals surface area contributed by atoms with E-state index in [2.05, 4.69) is 18.3 Å². The molecule has 0 aliphatic heterocycles. The van der Waals surface area contributed by atoms with Crippen molar-refractivity contribution in [3.63, 3.8) is 0 Å². The summed E-state index contributed by atoms with van der Waals surface area (Å²) >= 11 is 0. The summed E-state index contributed by atoms with van der Waals surface area (Å²) in [7, 11) is 1.92. The fraction of sp³-hybridized carbons (Fsp3) is 0.500. The van der Waals surface area contributed by atoms with Crippen LogP contribution in [-0.2, 0) is 4.79 Å². The first kappa shape index (κ1) is 14.5. The van der Waals surface area contributed by atoms with E-state index < -0.39 is 12.0 Å². The summed E-state index contributed by atoms with van der Waals surface area (Å²) in [5.74, 6) is 0.289. The zero-order chi connectivity index (χ0) is 13.7. The molecule has 0 spiro atoms. The minimum absolute atomic E-state index is 0.288. The average Bonchev–Trinajstić information content (AvgIpc) is 2.35. The van der Waals surface area contributed by atoms with Crippen LogP contribution < -0.4 is 15.8 Å². The maximum Gasteiger partial charge on any atom is 0.258 e. The van der Waals surface area contributed by atoms with Crippen molar-refractivity contribution in [1.29, 1.82) is 0 Å². The number of hydrogen-bond donors (Lipinski definition) is 2. The molecule has 18 heavy (non-hydrogen) atoms. The second-order valence-electron chi connectivity index (χ2n) is 4.45. The van der Waals surface area contributed by atoms with Crippen LogP contribution in [0, 0.1) is 6.92 Å². The van der Waals surface area contributed by atoms with Crippen molar-refractivity contribution in [1.82, 2.24) is 5.32 Å². The maximum atomic E-state index is 11.2. The Morgan fingerprint density at radius 3 is 2.61 bits per heavy atom. The summed E-state index contributed by atoms with van der Waals surface area (Å²) < 4.78 is 5.63. The van der Waals surface area contributed by atoms with Crippen molar-refractivity contribution in [3.05, 3.63) is 29.3 Å². The third-order valence-electron chi connectivity index (χ3n) is 3.09. The van der Waals surface area contributed by atoms with Crippen molar-refractivity contribution in [3.8, 4) is 5.75 Å². The number of primary amides is 1. The van der Waals surface area contributed by atoms with Gasteiger partial charge in [0.25, 0.3) is 5.91 Å². The highest BCUT2D eigenvalue weighted by Gasteiger charge is 2.16. The van der Waals surface area contributed by atoms with E-state index in [4.69, 9.17) is 10.5 Å². The van der Waals surface area contributed by atoms with E-state index in [1.807, 2.05) is 33.0 Å². The van der Waals surface area contributed by atoms with Crippen LogP contribution in [0.15, 0.2) is 18.2 Å². The normalized spacial score (nSPS) is 14.0. The number of benzene rings is 1. The van der Waals surface area contributed by atoms with E-state index in [-0.39, 0.29) is 6.04 Å². The van der Waals surface area contributed by atoms with Gasteiger partial charge in [-0.15, -0.1) is 0 Å². The Hall–Kier alpha value is -1.55. The summed E-state index contributed by atoms with van der Waals surface area (Å²) in [4.78, 5) is 11.2. The first-order valence-corrected chi connectivity index (χ1v) is 6.23. The molecule has 2 unspecified atom stereocenters. The topological polar surface area (TPSA) is 64.3 Å². The Kier molecular flexibility index (Phi) is 5.16. The van der Waals surface area contributed by atoms with Gasteiger partial charge in [-0.3, -0.25) is 4.79 Å². The van der Waals surface area contributed by atoms with Crippen molar-refractivity contribution < 1.29 is 9.53 Å². The lowest BCUT2D eigenvalue weighted by atomic mass is 10.1. The van der Waals surface area contributed by atoms with Gasteiger partial charge >= 0.3 is 0 Å². The van der Waals surface area contributed by atoms with Gasteiger partial charge in [0.05, 0.1) is 0 Å². The quantitative estimate of drug-likeness (QED) is 0.810. The molecule has 1 rings (SSSR count). The minimum Gasteiger partial charge on any atom is -0.480 e. The fourth-order valence-corrected chi connectivity index (χ4v) is 1.74. The zero-order valence-electron chi connectivity index (χ0n) is 11.5. The van der Waals surface area contributed by atoms with Crippen LogP contribution in [-0.4, -0.2) is 19.1 Å². The molecule has 0 aliphatic rings. The third kappa shape index (κ3) is 3.47. The van der Waals surface area contributed by atoms with Crippen LogP contribution in [0.4, 0.5) is 0 Å². The Bertz CT molecular complexity index is 418. The van der Waals surface area contributed by atoms with E-state index in [1.54, 1.807) is 0 Å². The minimum atomic E-state index is -0.559. The lowest BCUT2D eigenvalue weighted by molar-refractivity contribution is -0.124. The van der Waals surface area contributed by atoms with E-state index in [9.17, 15) is 4.79 Å². The molecule has 0 saturated carbocycles. The van der Waals surface area contributed by atoms with E-state index in [0.717, 1.165) is 5.56 Å². The number of ether oxygens (including phenoxy) is 1. The summed E-state index contributed by atoms with van der Waals surface area (Å²) in [6, 6.07) is 6.24. The summed E-state index contributed by atoms with van der Waals surface area (Å²) in [5.41, 5.74) is 7.47. The van der Waals surface area contributed by atoms with Crippen molar-refractivity contribution in [2.45, 2.75) is 39.3 Å². The van der Waals surface area contributed by atoms with Crippen molar-refractivity contribution in [2.75, 3.05) is 7.05 Å². The molecule has 2 atom stereocenters. The lowest BCUT2D eigenvalue weighted by Crippen LogP contribution is -2.33. The van der Waals surface area contributed by atoms with Gasteiger partial charge in [-0.05, 0) is 44.5 Å². The van der Waals surface area contributed by atoms with Crippen LogP contribution in [0.1, 0.15) is 37.4 Å². The second-order valence-corrected chi connectivity index (χ2v) is 4.45. The first-order chi connectivity index (χ1) is 8.49. The molecular weight excluding hydrogens is 228 g/mol. The van der Waals surface area contributed by atoms with Crippen LogP contribution in [0.3, 0.4) is 0 Å². The molecule has 3 N–H and O–H groups in total. The number of carbonyl (C=O) groups is 1. The predicted molar refractivity (Wildman–Crippen MR) is 72.6 cm³/mol. The van der Waals surface area contributed by atoms with Crippen LogP contribution >= 0.6 is 0 Å². The number of nitrogens with one attached hydrogen (secondary N) is 1. The third-order valence-corrected chi connectivity index (χ3v) is 3.09. The molecule has 0 aliphatic carbocycles. The van der Waals surface area contributed by atoms with Gasteiger partial charge < -0.3 is 15.8 Å². The van der Waals surface area contributed by atoms with Gasteiger partial charge in [0.2, 0.25) is 0 Å². The van der Waals surface area contributed by atoms with Gasteiger partial charge in [-0.2, -0.15) is 0 Å². The first-order valence-electron chi connectivity index (χ1n) is 6.23. The molecule has 4 heteroatoms. The Labute approximate surface area is 109 Å². The van der Waals surface area contributed by atoms with E-state index in [0.29, 0.717) is 12.2 Å². The molecule has 1 aromatic rings. The number of aryl methyl sites for hydroxylation is 1. The number of hydrogen-bond acceptors (Lipinski definition) is 3. The van der Waals surface area contributed by atoms with Gasteiger partial charge in [-0.25, -0.2) is 0 Å². The Morgan fingerprint density at radius 2 is 2.17 bits per heavy atom. The lowest BCUT2D eigenvalue weighted by Gasteiger charge is -2.18. The molecule has 0 radical (unpaired) electrons. The molecule has 4 nitrogen and oxygen atoms in total. The van der Waals surface area contributed by atoms with Crippen LogP contribution in [0.25, 0.3) is 0 Å². The highest BCUT2D eigenvalue weighted by Crippen LogP contribution is 2.24. The van der Waals surface area contributed by atoms with Crippen LogP contribution in [0.2, 0.25) is 0 Å². The molecule has 0 bridgehead atoms. The summed E-state index contributed by atoms with van der Waals surface area (Å²) in [5, 5.41) is 3.18. The zero-order valence-corrected chi connectivity index (χ0v) is 11.5. The van der Waals surface area contributed by atoms with Gasteiger partial charge in [0.1, 0.15) is 5.75 Å². The Morgan fingerprint density at radius 1 is 1.50 bits per heavy atom. The molecule has 1 amide bonds. The number of amides is 1. The SMILES string of the molecule is CCC(Oc1ccc(C(C)NC)cc1C)C(N)=O. The summed E-state index contributed by atoms with van der Waals surface area (Å²) in [6.45, 7) is 5.94. The predicted octanol–water partition coefficient (Wildman–Crippen LogP) is 1.92. The Balaban J connectivity index is 2.88. The maximum absolute atomic E-state index is 11.2. The standard InChI is InChI=1S/C14H22N2O2/c1-5-12(14(15)17)18-13-7-6-11(8-9(13)2)10(3)16-4/h6-8,10,12,16H,5H2,1-4H3,(H2,15,17). The van der Waals surface area contributed by atoms with Crippen molar-refractivity contribution >= 4 is 5.91 Å². The van der Waals surface area contributed by atoms with Gasteiger partial charge in [0, 0.05) is 6.04 Å². The van der Waals surface area contributed by atoms with Crippen molar-refractivity contribution in [2.24, 2.45) is 5.73 Å². The highest BCUT2D eigenvalue weighted by molar-refractivity contribution is 5.79. The number of carbonyl (C=O) groups excluding carboxylic acids is 1. The second kappa shape index (κ2) is 6.40. The molecular formula is C14H22N2O2. The molecule has 0 heterocycles. The van der Waals surface area contributed by atoms with Gasteiger partial charge in [0.15, 0.2) is 6.10 Å². The van der Waals surface area contributed by atoms with Crippen LogP contribution in [0.5, 0.6) is 5.75 Å². The molecule has 1 aromatic carbocycles. The number of rotatable bonds is 6. The van der Waals surface area contributed by atoms with E-state index >= 15 is 0 Å². The van der Waals surface area contributed by atoms with E-state index in [1.165, 1.54) is 5.56 Å². The monoisotopic (exact) mass is 250 g/mol. The molecule has 0 aromatic heterocycles. The molecule has 0 saturated heterocycles. The number of nitrogens with two attached hydrogens (primary N) is 1. The highest BCUT2D eigenvalue weighted by atomic mass is 16.5. The largest absolute Gasteiger partial charge is 0.480 e. The average molecular weight is 250 g/mol. The van der Waals surface area contributed by atoms with Gasteiger partial charge in [-0.1, -0.05) is 19.1 Å². The smallest absolute Gasteiger partial charge is 0.258 e. The summed E-state index contributed by atoms with van der Waals surface area (Å²) in [6.07, 6.45) is 0.0139. The molecule has 100 valence electrons.